The lowest BCUT2D eigenvalue weighted by molar-refractivity contribution is 0.149. The highest BCUT2D eigenvalue weighted by Gasteiger charge is 2.02. The molecule has 4 heteroatoms. The van der Waals surface area contributed by atoms with Crippen molar-refractivity contribution in [2.45, 2.75) is 33.1 Å². The van der Waals surface area contributed by atoms with Gasteiger partial charge in [0.2, 0.25) is 0 Å². The minimum absolute atomic E-state index is 0.445. The zero-order chi connectivity index (χ0) is 11.3. The molecule has 15 heavy (non-hydrogen) atoms. The zero-order valence-electron chi connectivity index (χ0n) is 9.54. The molecule has 1 N–H and O–H groups in total. The van der Waals surface area contributed by atoms with Crippen LogP contribution in [-0.2, 0) is 11.2 Å². The first-order chi connectivity index (χ1) is 7.13. The second kappa shape index (κ2) is 5.98. The number of aromatic nitrogens is 2. The van der Waals surface area contributed by atoms with Crippen LogP contribution in [0.1, 0.15) is 38.2 Å². The highest BCUT2D eigenvalue weighted by Crippen LogP contribution is 2.11. The van der Waals surface area contributed by atoms with Crippen molar-refractivity contribution in [1.29, 1.82) is 0 Å². The summed E-state index contributed by atoms with van der Waals surface area (Å²) in [6.45, 7) is 7.68. The van der Waals surface area contributed by atoms with E-state index in [2.05, 4.69) is 23.8 Å². The Labute approximate surface area is 95.9 Å². The molecule has 84 valence electrons. The summed E-state index contributed by atoms with van der Waals surface area (Å²) in [5.41, 5.74) is 1.14. The van der Waals surface area contributed by atoms with E-state index < -0.39 is 0 Å². The maximum absolute atomic E-state index is 5.28. The molecule has 0 spiro atoms. The summed E-state index contributed by atoms with van der Waals surface area (Å²) in [7, 11) is 0. The second-order valence-electron chi connectivity index (χ2n) is 3.72. The smallest absolute Gasteiger partial charge is 0.129 e. The number of nitrogens with one attached hydrogen (secondary N) is 1. The largest absolute Gasteiger partial charge is 0.381 e. The van der Waals surface area contributed by atoms with Crippen LogP contribution in [0.15, 0.2) is 6.07 Å². The number of ether oxygens (including phenoxy) is 1. The lowest BCUT2D eigenvalue weighted by atomic mass is 10.1. The van der Waals surface area contributed by atoms with Crippen LogP contribution in [0, 0.1) is 4.64 Å². The molecule has 0 saturated carbocycles. The summed E-state index contributed by atoms with van der Waals surface area (Å²) < 4.78 is 5.94. The number of H-pyrrole nitrogens is 1. The van der Waals surface area contributed by atoms with Crippen LogP contribution in [0.25, 0.3) is 0 Å². The second-order valence-corrected chi connectivity index (χ2v) is 4.14. The Hall–Kier alpha value is -0.740. The number of hydrogen-bond donors (Lipinski definition) is 1. The first-order valence-electron chi connectivity index (χ1n) is 5.31. The maximum atomic E-state index is 5.28. The van der Waals surface area contributed by atoms with Gasteiger partial charge in [0.1, 0.15) is 10.5 Å². The minimum atomic E-state index is 0.445. The van der Waals surface area contributed by atoms with Gasteiger partial charge >= 0.3 is 0 Å². The highest BCUT2D eigenvalue weighted by molar-refractivity contribution is 7.71. The van der Waals surface area contributed by atoms with E-state index in [1.54, 1.807) is 0 Å². The summed E-state index contributed by atoms with van der Waals surface area (Å²) in [6.07, 6.45) is 0.790. The van der Waals surface area contributed by atoms with Crippen molar-refractivity contribution in [3.05, 3.63) is 22.2 Å². The molecule has 3 nitrogen and oxygen atoms in total. The number of hydrogen-bond acceptors (Lipinski definition) is 3. The van der Waals surface area contributed by atoms with E-state index in [4.69, 9.17) is 17.0 Å². The highest BCUT2D eigenvalue weighted by atomic mass is 32.1. The average Bonchev–Trinajstić information content (AvgIpc) is 2.17. The fourth-order valence-electron chi connectivity index (χ4n) is 1.27. The summed E-state index contributed by atoms with van der Waals surface area (Å²) in [5.74, 6) is 1.36. The van der Waals surface area contributed by atoms with Crippen molar-refractivity contribution in [3.63, 3.8) is 0 Å². The zero-order valence-corrected chi connectivity index (χ0v) is 10.4. The predicted molar refractivity (Wildman–Crippen MR) is 63.7 cm³/mol. The Kier molecular flexibility index (Phi) is 4.91. The molecule has 0 aromatic carbocycles. The fraction of sp³-hybridized carbons (Fsp3) is 0.636. The van der Waals surface area contributed by atoms with E-state index in [0.29, 0.717) is 17.2 Å². The number of rotatable bonds is 5. The minimum Gasteiger partial charge on any atom is -0.381 e. The topological polar surface area (TPSA) is 37.9 Å². The Bertz CT molecular complexity index is 360. The molecular weight excluding hydrogens is 208 g/mol. The van der Waals surface area contributed by atoms with Crippen molar-refractivity contribution >= 4 is 12.2 Å². The van der Waals surface area contributed by atoms with Crippen LogP contribution < -0.4 is 0 Å². The van der Waals surface area contributed by atoms with Crippen molar-refractivity contribution < 1.29 is 4.74 Å². The van der Waals surface area contributed by atoms with Gasteiger partial charge in [0.05, 0.1) is 6.61 Å². The van der Waals surface area contributed by atoms with Gasteiger partial charge < -0.3 is 9.72 Å². The number of nitrogens with zero attached hydrogens (tertiary/aromatic N) is 1. The molecule has 0 atom stereocenters. The summed E-state index contributed by atoms with van der Waals surface area (Å²) in [4.78, 5) is 7.55. The lowest BCUT2D eigenvalue weighted by Crippen LogP contribution is -2.05. The van der Waals surface area contributed by atoms with Gasteiger partial charge in [0, 0.05) is 18.7 Å². The van der Waals surface area contributed by atoms with Crippen molar-refractivity contribution in [2.75, 3.05) is 13.2 Å². The molecular formula is C11H18N2OS. The molecule has 0 amide bonds. The molecule has 0 aliphatic carbocycles. The van der Waals surface area contributed by atoms with Crippen LogP contribution in [0.3, 0.4) is 0 Å². The van der Waals surface area contributed by atoms with Crippen LogP contribution in [-0.4, -0.2) is 23.2 Å². The van der Waals surface area contributed by atoms with Crippen LogP contribution in [0.4, 0.5) is 0 Å². The molecule has 1 heterocycles. The first kappa shape index (κ1) is 12.3. The van der Waals surface area contributed by atoms with E-state index in [-0.39, 0.29) is 0 Å². The average molecular weight is 226 g/mol. The normalized spacial score (nSPS) is 10.9. The Balaban J connectivity index is 2.75. The summed E-state index contributed by atoms with van der Waals surface area (Å²) in [5, 5.41) is 0. The van der Waals surface area contributed by atoms with E-state index in [1.807, 2.05) is 13.0 Å². The third-order valence-corrected chi connectivity index (χ3v) is 2.33. The van der Waals surface area contributed by atoms with E-state index in [0.717, 1.165) is 24.5 Å². The van der Waals surface area contributed by atoms with E-state index in [9.17, 15) is 0 Å². The molecule has 1 aromatic rings. The van der Waals surface area contributed by atoms with Crippen LogP contribution >= 0.6 is 12.2 Å². The van der Waals surface area contributed by atoms with E-state index in [1.165, 1.54) is 0 Å². The maximum Gasteiger partial charge on any atom is 0.129 e. The third kappa shape index (κ3) is 4.10. The van der Waals surface area contributed by atoms with Gasteiger partial charge in [-0.3, -0.25) is 0 Å². The molecule has 0 saturated heterocycles. The van der Waals surface area contributed by atoms with Crippen LogP contribution in [0.5, 0.6) is 0 Å². The van der Waals surface area contributed by atoms with Gasteiger partial charge in [0.25, 0.3) is 0 Å². The van der Waals surface area contributed by atoms with Gasteiger partial charge in [-0.2, -0.15) is 0 Å². The van der Waals surface area contributed by atoms with Gasteiger partial charge in [-0.15, -0.1) is 0 Å². The SMILES string of the molecule is CCOCCc1nc(=S)cc(C(C)C)[nH]1. The van der Waals surface area contributed by atoms with Crippen molar-refractivity contribution in [2.24, 2.45) is 0 Å². The molecule has 0 aliphatic heterocycles. The van der Waals surface area contributed by atoms with Gasteiger partial charge in [-0.25, -0.2) is 4.98 Å². The quantitative estimate of drug-likeness (QED) is 0.619. The molecule has 0 aliphatic rings. The molecule has 0 fully saturated rings. The summed E-state index contributed by atoms with van der Waals surface area (Å²) >= 11 is 5.11. The van der Waals surface area contributed by atoms with Gasteiger partial charge in [-0.1, -0.05) is 26.1 Å². The Morgan fingerprint density at radius 3 is 2.87 bits per heavy atom. The molecule has 0 radical (unpaired) electrons. The monoisotopic (exact) mass is 226 g/mol. The fourth-order valence-corrected chi connectivity index (χ4v) is 1.51. The van der Waals surface area contributed by atoms with E-state index >= 15 is 0 Å². The standard InChI is InChI=1S/C11H18N2OS/c1-4-14-6-5-10-12-9(8(2)3)7-11(15)13-10/h7-8H,4-6H2,1-3H3,(H,12,13,15). The van der Waals surface area contributed by atoms with Gasteiger partial charge in [0.15, 0.2) is 0 Å². The predicted octanol–water partition coefficient (Wildman–Crippen LogP) is 2.84. The van der Waals surface area contributed by atoms with Crippen molar-refractivity contribution in [3.8, 4) is 0 Å². The molecule has 0 bridgehead atoms. The molecule has 1 rings (SSSR count). The first-order valence-corrected chi connectivity index (χ1v) is 5.72. The third-order valence-electron chi connectivity index (χ3n) is 2.12. The molecule has 0 unspecified atom stereocenters. The molecule has 1 aromatic heterocycles. The van der Waals surface area contributed by atoms with Crippen molar-refractivity contribution in [1.82, 2.24) is 9.97 Å². The Morgan fingerprint density at radius 2 is 2.27 bits per heavy atom. The van der Waals surface area contributed by atoms with Gasteiger partial charge in [-0.05, 0) is 18.9 Å². The lowest BCUT2D eigenvalue weighted by Gasteiger charge is -2.08. The van der Waals surface area contributed by atoms with Crippen LogP contribution in [0.2, 0.25) is 0 Å². The Morgan fingerprint density at radius 1 is 1.53 bits per heavy atom. The number of aromatic amines is 1. The summed E-state index contributed by atoms with van der Waals surface area (Å²) in [6, 6.07) is 1.92.